The fraction of sp³-hybridized carbons (Fsp3) is 0.526. The summed E-state index contributed by atoms with van der Waals surface area (Å²) in [7, 11) is 1.92. The lowest BCUT2D eigenvalue weighted by Gasteiger charge is -2.43. The topological polar surface area (TPSA) is 104 Å². The number of para-hydroxylation sites is 1. The van der Waals surface area contributed by atoms with Crippen LogP contribution in [0.4, 0.5) is 27.9 Å². The van der Waals surface area contributed by atoms with Crippen LogP contribution in [-0.4, -0.2) is 93.0 Å². The van der Waals surface area contributed by atoms with Gasteiger partial charge in [-0.2, -0.15) is 10.1 Å². The molecular weight excluding hydrogens is 614 g/mol. The van der Waals surface area contributed by atoms with Crippen LogP contribution in [0.25, 0.3) is 11.0 Å². The molecule has 49 heavy (non-hydrogen) atoms. The number of carbonyl (C=O) groups is 1. The molecule has 11 nitrogen and oxygen atoms in total. The Hall–Kier alpha value is -4.22. The number of carbonyl (C=O) groups excluding carboxylic acids is 1. The monoisotopic (exact) mass is 665 g/mol. The number of hydrogen-bond acceptors (Lipinski definition) is 9. The summed E-state index contributed by atoms with van der Waals surface area (Å²) in [5, 5.41) is 12.6. The van der Waals surface area contributed by atoms with Crippen molar-refractivity contribution in [2.45, 2.75) is 59.4 Å². The van der Waals surface area contributed by atoms with Gasteiger partial charge >= 0.3 is 6.09 Å². The molecule has 4 aromatic rings. The van der Waals surface area contributed by atoms with Gasteiger partial charge in [0.25, 0.3) is 0 Å². The van der Waals surface area contributed by atoms with Crippen molar-refractivity contribution in [1.82, 2.24) is 34.4 Å². The number of rotatable bonds is 11. The normalized spacial score (nSPS) is 17.6. The number of piperidine rings is 1. The molecule has 0 unspecified atom stereocenters. The maximum atomic E-state index is 12.1. The standard InChI is InChI=1S/C38H51N9O2/c1-5-6-18-49-38(48)47-23-29(24-47)22-45-15-12-28(13-16-45)21-46-17-14-30-10-11-32(19-31(30)25-46)40-37-39-20-33-35(43-44(4)36(33)42-37)41-34-26(2)8-7-9-27(34)3/h7-11,19-20,28-29H,5-6,12-18,21-25H2,1-4H3,(H,41,43)(H,39,40,42). The number of hydrogen-bond donors (Lipinski definition) is 2. The molecule has 2 aromatic carbocycles. The van der Waals surface area contributed by atoms with Gasteiger partial charge in [-0.3, -0.25) is 4.90 Å². The van der Waals surface area contributed by atoms with E-state index >= 15 is 0 Å². The highest BCUT2D eigenvalue weighted by Crippen LogP contribution is 2.30. The minimum absolute atomic E-state index is 0.134. The van der Waals surface area contributed by atoms with Gasteiger partial charge in [0.05, 0.1) is 12.0 Å². The zero-order valence-corrected chi connectivity index (χ0v) is 29.5. The van der Waals surface area contributed by atoms with Gasteiger partial charge in [0.1, 0.15) is 0 Å². The average molecular weight is 666 g/mol. The predicted octanol–water partition coefficient (Wildman–Crippen LogP) is 6.41. The second-order valence-electron chi connectivity index (χ2n) is 14.4. The quantitative estimate of drug-likeness (QED) is 0.176. The van der Waals surface area contributed by atoms with Crippen LogP contribution in [0.2, 0.25) is 0 Å². The molecule has 2 aromatic heterocycles. The summed E-state index contributed by atoms with van der Waals surface area (Å²) in [6.07, 6.45) is 7.28. The second-order valence-corrected chi connectivity index (χ2v) is 14.4. The number of anilines is 4. The molecule has 2 N–H and O–H groups in total. The Kier molecular flexibility index (Phi) is 10.00. The van der Waals surface area contributed by atoms with E-state index in [4.69, 9.17) is 14.8 Å². The Labute approximate surface area is 290 Å². The van der Waals surface area contributed by atoms with Crippen LogP contribution in [-0.2, 0) is 24.8 Å². The van der Waals surface area contributed by atoms with E-state index in [1.54, 1.807) is 0 Å². The number of benzene rings is 2. The van der Waals surface area contributed by atoms with Gasteiger partial charge < -0.3 is 25.2 Å². The van der Waals surface area contributed by atoms with Gasteiger partial charge in [0.15, 0.2) is 11.5 Å². The van der Waals surface area contributed by atoms with Gasteiger partial charge in [-0.15, -0.1) is 0 Å². The first-order valence-electron chi connectivity index (χ1n) is 18.1. The molecule has 5 heterocycles. The number of likely N-dealkylation sites (tertiary alicyclic amines) is 2. The highest BCUT2D eigenvalue weighted by atomic mass is 16.6. The third-order valence-electron chi connectivity index (χ3n) is 10.5. The minimum atomic E-state index is -0.134. The van der Waals surface area contributed by atoms with Crippen molar-refractivity contribution in [3.63, 3.8) is 0 Å². The number of nitrogens with one attached hydrogen (secondary N) is 2. The zero-order chi connectivity index (χ0) is 33.9. The Balaban J connectivity index is 0.898. The highest BCUT2D eigenvalue weighted by molar-refractivity contribution is 5.90. The number of ether oxygens (including phenoxy) is 1. The maximum Gasteiger partial charge on any atom is 0.409 e. The van der Waals surface area contributed by atoms with E-state index in [1.807, 2.05) is 22.8 Å². The summed E-state index contributed by atoms with van der Waals surface area (Å²) in [5.74, 6) is 2.64. The van der Waals surface area contributed by atoms with E-state index in [1.165, 1.54) is 35.1 Å². The van der Waals surface area contributed by atoms with Gasteiger partial charge in [-0.25, -0.2) is 14.5 Å². The Morgan fingerprint density at radius 1 is 0.959 bits per heavy atom. The van der Waals surface area contributed by atoms with E-state index in [0.717, 1.165) is 106 Å². The predicted molar refractivity (Wildman–Crippen MR) is 195 cm³/mol. The third-order valence-corrected chi connectivity index (χ3v) is 10.5. The molecule has 11 heteroatoms. The minimum Gasteiger partial charge on any atom is -0.449 e. The van der Waals surface area contributed by atoms with Gasteiger partial charge in [-0.1, -0.05) is 37.6 Å². The largest absolute Gasteiger partial charge is 0.449 e. The number of fused-ring (bicyclic) bond motifs is 2. The van der Waals surface area contributed by atoms with Crippen molar-refractivity contribution in [3.05, 3.63) is 64.8 Å². The van der Waals surface area contributed by atoms with Crippen LogP contribution in [0, 0.1) is 25.7 Å². The first-order valence-corrected chi connectivity index (χ1v) is 18.1. The second kappa shape index (κ2) is 14.7. The molecule has 260 valence electrons. The van der Waals surface area contributed by atoms with Crippen molar-refractivity contribution < 1.29 is 9.53 Å². The summed E-state index contributed by atoms with van der Waals surface area (Å²) in [6.45, 7) is 15.2. The number of aromatic nitrogens is 4. The lowest BCUT2D eigenvalue weighted by molar-refractivity contribution is 0.0331. The first kappa shape index (κ1) is 33.3. The van der Waals surface area contributed by atoms with Crippen molar-refractivity contribution in [3.8, 4) is 0 Å². The van der Waals surface area contributed by atoms with Crippen molar-refractivity contribution in [2.75, 3.05) is 63.1 Å². The van der Waals surface area contributed by atoms with E-state index in [0.29, 0.717) is 18.5 Å². The number of amides is 1. The molecule has 0 bridgehead atoms. The average Bonchev–Trinajstić information content (AvgIpc) is 3.39. The number of aryl methyl sites for hydroxylation is 3. The van der Waals surface area contributed by atoms with E-state index < -0.39 is 0 Å². The molecule has 7 rings (SSSR count). The molecule has 2 saturated heterocycles. The fourth-order valence-corrected chi connectivity index (χ4v) is 7.61. The van der Waals surface area contributed by atoms with Crippen LogP contribution < -0.4 is 10.6 Å². The Morgan fingerprint density at radius 3 is 2.51 bits per heavy atom. The summed E-state index contributed by atoms with van der Waals surface area (Å²) in [6, 6.07) is 12.9. The molecule has 0 saturated carbocycles. The number of nitrogens with zero attached hydrogens (tertiary/aromatic N) is 7. The van der Waals surface area contributed by atoms with Crippen molar-refractivity contribution in [1.29, 1.82) is 0 Å². The van der Waals surface area contributed by atoms with Gasteiger partial charge in [-0.05, 0) is 92.9 Å². The highest BCUT2D eigenvalue weighted by Gasteiger charge is 2.34. The summed E-state index contributed by atoms with van der Waals surface area (Å²) < 4.78 is 7.17. The molecule has 1 amide bonds. The smallest absolute Gasteiger partial charge is 0.409 e. The lowest BCUT2D eigenvalue weighted by atomic mass is 9.92. The molecule has 0 aliphatic carbocycles. The zero-order valence-electron chi connectivity index (χ0n) is 29.5. The van der Waals surface area contributed by atoms with Crippen LogP contribution in [0.1, 0.15) is 54.9 Å². The molecule has 3 aliphatic rings. The maximum absolute atomic E-state index is 12.1. The fourth-order valence-electron chi connectivity index (χ4n) is 7.61. The van der Waals surface area contributed by atoms with Crippen LogP contribution in [0.3, 0.4) is 0 Å². The lowest BCUT2D eigenvalue weighted by Crippen LogP contribution is -2.54. The SMILES string of the molecule is CCCCOC(=O)N1CC(CN2CCC(CN3CCc4ccc(Nc5ncc6c(Nc7c(C)cccc7C)nn(C)c6n5)cc4C3)CC2)C1. The third kappa shape index (κ3) is 7.68. The van der Waals surface area contributed by atoms with Crippen LogP contribution in [0.5, 0.6) is 0 Å². The molecular formula is C38H51N9O2. The molecule has 0 spiro atoms. The number of unbranched alkanes of at least 4 members (excludes halogenated alkanes) is 1. The van der Waals surface area contributed by atoms with E-state index in [2.05, 4.69) is 82.6 Å². The summed E-state index contributed by atoms with van der Waals surface area (Å²) in [4.78, 5) is 28.8. The molecule has 0 atom stereocenters. The van der Waals surface area contributed by atoms with Crippen LogP contribution in [0.15, 0.2) is 42.6 Å². The van der Waals surface area contributed by atoms with Crippen LogP contribution >= 0.6 is 0 Å². The summed E-state index contributed by atoms with van der Waals surface area (Å²) >= 11 is 0. The summed E-state index contributed by atoms with van der Waals surface area (Å²) in [5.41, 5.74) is 8.02. The van der Waals surface area contributed by atoms with Gasteiger partial charge in [0, 0.05) is 69.8 Å². The Morgan fingerprint density at radius 2 is 1.73 bits per heavy atom. The van der Waals surface area contributed by atoms with E-state index in [-0.39, 0.29) is 6.09 Å². The van der Waals surface area contributed by atoms with Crippen molar-refractivity contribution >= 4 is 40.3 Å². The van der Waals surface area contributed by atoms with E-state index in [9.17, 15) is 4.79 Å². The molecule has 0 radical (unpaired) electrons. The molecule has 2 fully saturated rings. The van der Waals surface area contributed by atoms with Crippen molar-refractivity contribution in [2.24, 2.45) is 18.9 Å². The first-order chi connectivity index (χ1) is 23.8. The molecule has 3 aliphatic heterocycles. The Bertz CT molecular complexity index is 1750. The van der Waals surface area contributed by atoms with Gasteiger partial charge in [0.2, 0.25) is 5.95 Å².